The van der Waals surface area contributed by atoms with E-state index >= 15 is 0 Å². The van der Waals surface area contributed by atoms with Gasteiger partial charge < -0.3 is 9.42 Å². The Morgan fingerprint density at radius 2 is 1.76 bits per heavy atom. The minimum Gasteiger partial charge on any atom is -0.336 e. The quantitative estimate of drug-likeness (QED) is 0.447. The molecule has 0 saturated carbocycles. The van der Waals surface area contributed by atoms with E-state index in [1.807, 2.05) is 36.4 Å². The van der Waals surface area contributed by atoms with Crippen LogP contribution in [-0.2, 0) is 6.54 Å². The Balaban J connectivity index is 1.22. The molecule has 2 aromatic heterocycles. The van der Waals surface area contributed by atoms with Gasteiger partial charge in [0.25, 0.3) is 11.8 Å². The lowest BCUT2D eigenvalue weighted by Crippen LogP contribution is -2.48. The molecule has 0 radical (unpaired) electrons. The molecule has 3 heterocycles. The van der Waals surface area contributed by atoms with E-state index in [1.165, 1.54) is 12.1 Å². The largest absolute Gasteiger partial charge is 0.336 e. The van der Waals surface area contributed by atoms with E-state index in [1.54, 1.807) is 17.3 Å². The lowest BCUT2D eigenvalue weighted by Gasteiger charge is -2.34. The molecule has 1 aliphatic rings. The van der Waals surface area contributed by atoms with Crippen LogP contribution in [0.2, 0.25) is 0 Å². The summed E-state index contributed by atoms with van der Waals surface area (Å²) >= 11 is 0. The summed E-state index contributed by atoms with van der Waals surface area (Å²) in [5.41, 5.74) is 2.43. The second-order valence-electron chi connectivity index (χ2n) is 8.03. The van der Waals surface area contributed by atoms with Crippen LogP contribution in [0.1, 0.15) is 15.9 Å². The van der Waals surface area contributed by atoms with Crippen LogP contribution in [0, 0.1) is 11.6 Å². The molecule has 0 bridgehead atoms. The summed E-state index contributed by atoms with van der Waals surface area (Å²) in [7, 11) is 0. The van der Waals surface area contributed by atoms with Gasteiger partial charge in [0.1, 0.15) is 0 Å². The van der Waals surface area contributed by atoms with Gasteiger partial charge >= 0.3 is 0 Å². The number of nitrogens with zero attached hydrogens (tertiary/aromatic N) is 5. The van der Waals surface area contributed by atoms with Gasteiger partial charge in [-0.05, 0) is 35.9 Å². The van der Waals surface area contributed by atoms with Crippen molar-refractivity contribution in [3.05, 3.63) is 89.8 Å². The molecule has 1 saturated heterocycles. The molecule has 0 unspecified atom stereocenters. The number of piperazine rings is 1. The van der Waals surface area contributed by atoms with Gasteiger partial charge in [-0.2, -0.15) is 4.98 Å². The summed E-state index contributed by atoms with van der Waals surface area (Å²) in [6, 6.07) is 15.2. The second-order valence-corrected chi connectivity index (χ2v) is 8.03. The average Bonchev–Trinajstić information content (AvgIpc) is 3.37. The molecule has 2 aromatic carbocycles. The maximum atomic E-state index is 14.0. The molecule has 1 amide bonds. The molecule has 172 valence electrons. The maximum absolute atomic E-state index is 14.0. The van der Waals surface area contributed by atoms with Crippen molar-refractivity contribution in [3.8, 4) is 22.8 Å². The van der Waals surface area contributed by atoms with E-state index < -0.39 is 17.5 Å². The van der Waals surface area contributed by atoms with Crippen LogP contribution in [0.4, 0.5) is 8.78 Å². The number of rotatable bonds is 5. The van der Waals surface area contributed by atoms with E-state index in [0.29, 0.717) is 44.4 Å². The smallest absolute Gasteiger partial charge is 0.259 e. The summed E-state index contributed by atoms with van der Waals surface area (Å²) in [4.78, 5) is 24.9. The molecule has 4 aromatic rings. The van der Waals surface area contributed by atoms with Crippen molar-refractivity contribution in [2.24, 2.45) is 0 Å². The Bertz CT molecular complexity index is 1300. The van der Waals surface area contributed by atoms with Crippen LogP contribution in [0.25, 0.3) is 22.8 Å². The number of hydrogen-bond donors (Lipinski definition) is 0. The molecule has 1 aliphatic heterocycles. The number of aromatic nitrogens is 3. The topological polar surface area (TPSA) is 75.4 Å². The van der Waals surface area contributed by atoms with E-state index in [-0.39, 0.29) is 5.56 Å². The zero-order valence-corrected chi connectivity index (χ0v) is 18.2. The van der Waals surface area contributed by atoms with Crippen LogP contribution in [-0.4, -0.2) is 57.0 Å². The molecule has 0 spiro atoms. The monoisotopic (exact) mass is 461 g/mol. The molecule has 34 heavy (non-hydrogen) atoms. The van der Waals surface area contributed by atoms with Crippen molar-refractivity contribution in [2.75, 3.05) is 26.2 Å². The number of carbonyl (C=O) groups excluding carboxylic acids is 1. The van der Waals surface area contributed by atoms with E-state index in [4.69, 9.17) is 4.52 Å². The van der Waals surface area contributed by atoms with Gasteiger partial charge in [0.05, 0.1) is 11.1 Å². The highest BCUT2D eigenvalue weighted by Gasteiger charge is 2.25. The van der Waals surface area contributed by atoms with E-state index in [0.717, 1.165) is 22.8 Å². The highest BCUT2D eigenvalue weighted by Crippen LogP contribution is 2.23. The zero-order valence-electron chi connectivity index (χ0n) is 18.2. The molecule has 0 N–H and O–H groups in total. The summed E-state index contributed by atoms with van der Waals surface area (Å²) in [6.07, 6.45) is 3.35. The first kappa shape index (κ1) is 21.8. The normalized spacial score (nSPS) is 14.4. The summed E-state index contributed by atoms with van der Waals surface area (Å²) < 4.78 is 32.9. The first-order valence-corrected chi connectivity index (χ1v) is 10.9. The van der Waals surface area contributed by atoms with Gasteiger partial charge in [0, 0.05) is 50.7 Å². The van der Waals surface area contributed by atoms with E-state index in [2.05, 4.69) is 20.0 Å². The first-order chi connectivity index (χ1) is 16.6. The van der Waals surface area contributed by atoms with Gasteiger partial charge in [-0.15, -0.1) is 0 Å². The molecule has 7 nitrogen and oxygen atoms in total. The zero-order chi connectivity index (χ0) is 23.5. The SMILES string of the molecule is O=C(c1cccc(F)c1F)N1CCN(Cc2cccc(-c3noc(-c4cccnc4)n3)c2)CC1. The van der Waals surface area contributed by atoms with Gasteiger partial charge in [-0.25, -0.2) is 8.78 Å². The molecule has 9 heteroatoms. The third-order valence-electron chi connectivity index (χ3n) is 5.77. The Morgan fingerprint density at radius 1 is 0.971 bits per heavy atom. The average molecular weight is 461 g/mol. The van der Waals surface area contributed by atoms with Crippen LogP contribution in [0.15, 0.2) is 71.5 Å². The van der Waals surface area contributed by atoms with Gasteiger partial charge in [-0.1, -0.05) is 29.4 Å². The number of benzene rings is 2. The van der Waals surface area contributed by atoms with Crippen LogP contribution >= 0.6 is 0 Å². The third-order valence-corrected chi connectivity index (χ3v) is 5.77. The number of amides is 1. The molecular formula is C25H21F2N5O2. The second kappa shape index (κ2) is 9.48. The molecule has 1 fully saturated rings. The molecule has 0 atom stereocenters. The lowest BCUT2D eigenvalue weighted by atomic mass is 10.1. The Hall–Kier alpha value is -3.98. The minimum absolute atomic E-state index is 0.230. The summed E-state index contributed by atoms with van der Waals surface area (Å²) in [5, 5.41) is 4.09. The lowest BCUT2D eigenvalue weighted by molar-refractivity contribution is 0.0623. The first-order valence-electron chi connectivity index (χ1n) is 10.9. The van der Waals surface area contributed by atoms with Crippen LogP contribution < -0.4 is 0 Å². The fraction of sp³-hybridized carbons (Fsp3) is 0.200. The molecular weight excluding hydrogens is 440 g/mol. The van der Waals surface area contributed by atoms with Crippen molar-refractivity contribution >= 4 is 5.91 Å². The predicted octanol–water partition coefficient (Wildman–Crippen LogP) is 4.03. The van der Waals surface area contributed by atoms with Crippen molar-refractivity contribution < 1.29 is 18.1 Å². The third kappa shape index (κ3) is 4.55. The Morgan fingerprint density at radius 3 is 2.56 bits per heavy atom. The number of pyridine rings is 1. The van der Waals surface area contributed by atoms with Gasteiger partial charge in [-0.3, -0.25) is 14.7 Å². The van der Waals surface area contributed by atoms with Gasteiger partial charge in [0.2, 0.25) is 5.82 Å². The number of carbonyl (C=O) groups is 1. The van der Waals surface area contributed by atoms with Gasteiger partial charge in [0.15, 0.2) is 11.6 Å². The fourth-order valence-corrected chi connectivity index (χ4v) is 3.96. The highest BCUT2D eigenvalue weighted by molar-refractivity contribution is 5.94. The highest BCUT2D eigenvalue weighted by atomic mass is 19.2. The fourth-order valence-electron chi connectivity index (χ4n) is 3.96. The van der Waals surface area contributed by atoms with Crippen LogP contribution in [0.3, 0.4) is 0 Å². The van der Waals surface area contributed by atoms with Crippen molar-refractivity contribution in [2.45, 2.75) is 6.54 Å². The van der Waals surface area contributed by atoms with Crippen molar-refractivity contribution in [3.63, 3.8) is 0 Å². The molecule has 5 rings (SSSR count). The molecule has 0 aliphatic carbocycles. The summed E-state index contributed by atoms with van der Waals surface area (Å²) in [5.74, 6) is -1.70. The minimum atomic E-state index is -1.10. The van der Waals surface area contributed by atoms with Crippen molar-refractivity contribution in [1.29, 1.82) is 0 Å². The van der Waals surface area contributed by atoms with Crippen LogP contribution in [0.5, 0.6) is 0 Å². The Kier molecular flexibility index (Phi) is 6.09. The standard InChI is InChI=1S/C25H21F2N5O2/c26-21-8-2-7-20(22(21)27)25(33)32-12-10-31(11-13-32)16-17-4-1-5-18(14-17)23-29-24(34-30-23)19-6-3-9-28-15-19/h1-9,14-15H,10-13,16H2. The maximum Gasteiger partial charge on any atom is 0.259 e. The predicted molar refractivity (Wildman–Crippen MR) is 121 cm³/mol. The number of hydrogen-bond acceptors (Lipinski definition) is 6. The number of halogens is 2. The Labute approximate surface area is 194 Å². The van der Waals surface area contributed by atoms with Crippen molar-refractivity contribution in [1.82, 2.24) is 24.9 Å². The summed E-state index contributed by atoms with van der Waals surface area (Å²) in [6.45, 7) is 2.81. The van der Waals surface area contributed by atoms with E-state index in [9.17, 15) is 13.6 Å².